The first-order chi connectivity index (χ1) is 9.81. The van der Waals surface area contributed by atoms with E-state index in [2.05, 4.69) is 0 Å². The smallest absolute Gasteiger partial charge is 0.318 e. The monoisotopic (exact) mass is 314 g/mol. The summed E-state index contributed by atoms with van der Waals surface area (Å²) < 4.78 is 31.3. The summed E-state index contributed by atoms with van der Waals surface area (Å²) in [6.07, 6.45) is 0. The number of sulfonamides is 1. The van der Waals surface area contributed by atoms with Crippen LogP contribution in [0.4, 0.5) is 5.69 Å². The van der Waals surface area contributed by atoms with Gasteiger partial charge in [-0.1, -0.05) is 0 Å². The maximum absolute atomic E-state index is 12.0. The zero-order valence-corrected chi connectivity index (χ0v) is 12.0. The molecule has 1 aliphatic rings. The Bertz CT molecular complexity index is 685. The Hall–Kier alpha value is -2.13. The topological polar surface area (TPSA) is 113 Å². The van der Waals surface area contributed by atoms with Crippen molar-refractivity contribution in [2.45, 2.75) is 11.8 Å². The van der Waals surface area contributed by atoms with Crippen molar-refractivity contribution in [2.24, 2.45) is 0 Å². The van der Waals surface area contributed by atoms with Crippen molar-refractivity contribution in [3.05, 3.63) is 18.2 Å². The van der Waals surface area contributed by atoms with Crippen molar-refractivity contribution >= 4 is 27.6 Å². The number of fused-ring (bicyclic) bond motifs is 1. The molecular weight excluding hydrogens is 300 g/mol. The fourth-order valence-electron chi connectivity index (χ4n) is 1.93. The predicted octanol–water partition coefficient (Wildman–Crippen LogP) is -0.205. The minimum atomic E-state index is -3.96. The number of carbonyl (C=O) groups is 2. The number of aliphatic carboxylic acids is 1. The van der Waals surface area contributed by atoms with Gasteiger partial charge in [0.2, 0.25) is 15.9 Å². The van der Waals surface area contributed by atoms with Crippen molar-refractivity contribution in [3.63, 3.8) is 0 Å². The summed E-state index contributed by atoms with van der Waals surface area (Å²) in [6.45, 7) is 1.32. The molecule has 8 nitrogen and oxygen atoms in total. The molecule has 0 fully saturated rings. The summed E-state index contributed by atoms with van der Waals surface area (Å²) in [7, 11) is -3.96. The Morgan fingerprint density at radius 2 is 2.14 bits per heavy atom. The first-order valence-corrected chi connectivity index (χ1v) is 7.56. The van der Waals surface area contributed by atoms with Crippen LogP contribution in [-0.2, 0) is 19.6 Å². The molecule has 0 atom stereocenters. The van der Waals surface area contributed by atoms with Crippen molar-refractivity contribution < 1.29 is 27.9 Å². The molecule has 114 valence electrons. The van der Waals surface area contributed by atoms with E-state index in [1.54, 1.807) is 0 Å². The Balaban J connectivity index is 2.37. The number of anilines is 1. The van der Waals surface area contributed by atoms with Gasteiger partial charge in [0.1, 0.15) is 18.9 Å². The summed E-state index contributed by atoms with van der Waals surface area (Å²) in [5, 5.41) is 8.53. The van der Waals surface area contributed by atoms with Gasteiger partial charge in [-0.05, 0) is 18.2 Å². The van der Waals surface area contributed by atoms with E-state index in [4.69, 9.17) is 9.84 Å². The molecule has 0 radical (unpaired) electrons. The summed E-state index contributed by atoms with van der Waals surface area (Å²) >= 11 is 0. The summed E-state index contributed by atoms with van der Waals surface area (Å²) in [5.41, 5.74) is 0.354. The van der Waals surface area contributed by atoms with Crippen molar-refractivity contribution in [2.75, 3.05) is 24.6 Å². The van der Waals surface area contributed by atoms with E-state index in [0.29, 0.717) is 24.6 Å². The second kappa shape index (κ2) is 5.70. The van der Waals surface area contributed by atoms with Gasteiger partial charge in [-0.15, -0.1) is 0 Å². The van der Waals surface area contributed by atoms with Crippen LogP contribution in [0, 0.1) is 0 Å². The minimum Gasteiger partial charge on any atom is -0.490 e. The molecule has 9 heteroatoms. The number of carboxylic acid groups (broad SMARTS) is 1. The van der Waals surface area contributed by atoms with E-state index in [1.165, 1.54) is 30.0 Å². The van der Waals surface area contributed by atoms with E-state index in [-0.39, 0.29) is 10.8 Å². The van der Waals surface area contributed by atoms with E-state index in [0.717, 1.165) is 0 Å². The Labute approximate surface area is 121 Å². The lowest BCUT2D eigenvalue weighted by Gasteiger charge is -2.29. The predicted molar refractivity (Wildman–Crippen MR) is 72.8 cm³/mol. The molecule has 21 heavy (non-hydrogen) atoms. The van der Waals surface area contributed by atoms with Gasteiger partial charge in [-0.3, -0.25) is 9.59 Å². The van der Waals surface area contributed by atoms with Crippen LogP contribution in [0.2, 0.25) is 0 Å². The molecule has 0 aromatic heterocycles. The van der Waals surface area contributed by atoms with Crippen LogP contribution in [-0.4, -0.2) is 45.1 Å². The fraction of sp³-hybridized carbons (Fsp3) is 0.333. The quantitative estimate of drug-likeness (QED) is 0.795. The lowest BCUT2D eigenvalue weighted by Crippen LogP contribution is -2.36. The van der Waals surface area contributed by atoms with Crippen LogP contribution >= 0.6 is 0 Å². The summed E-state index contributed by atoms with van der Waals surface area (Å²) in [6, 6.07) is 4.03. The van der Waals surface area contributed by atoms with Gasteiger partial charge in [0, 0.05) is 6.92 Å². The van der Waals surface area contributed by atoms with Gasteiger partial charge in [-0.2, -0.15) is 4.72 Å². The highest BCUT2D eigenvalue weighted by Gasteiger charge is 2.24. The lowest BCUT2D eigenvalue weighted by molar-refractivity contribution is -0.135. The number of nitrogens with zero attached hydrogens (tertiary/aromatic N) is 1. The fourth-order valence-corrected chi connectivity index (χ4v) is 2.93. The number of hydrogen-bond donors (Lipinski definition) is 2. The maximum Gasteiger partial charge on any atom is 0.318 e. The van der Waals surface area contributed by atoms with Crippen LogP contribution in [0.1, 0.15) is 6.92 Å². The van der Waals surface area contributed by atoms with Crippen LogP contribution in [0.3, 0.4) is 0 Å². The number of nitrogens with one attached hydrogen (secondary N) is 1. The molecule has 1 heterocycles. The van der Waals surface area contributed by atoms with Crippen LogP contribution in [0.5, 0.6) is 5.75 Å². The molecule has 0 aliphatic carbocycles. The molecule has 1 amide bonds. The first-order valence-electron chi connectivity index (χ1n) is 6.07. The van der Waals surface area contributed by atoms with E-state index >= 15 is 0 Å². The van der Waals surface area contributed by atoms with E-state index < -0.39 is 22.5 Å². The molecule has 1 aliphatic heterocycles. The Kier molecular flexibility index (Phi) is 4.14. The zero-order valence-electron chi connectivity index (χ0n) is 11.2. The van der Waals surface area contributed by atoms with Crippen molar-refractivity contribution in [1.29, 1.82) is 0 Å². The standard InChI is InChI=1S/C12H14N2O6S/c1-8(15)14-4-5-20-11-3-2-9(6-10(11)14)21(18,19)13-7-12(16)17/h2-3,6,13H,4-5,7H2,1H3,(H,16,17). The molecular formula is C12H14N2O6S. The zero-order chi connectivity index (χ0) is 15.6. The second-order valence-corrected chi connectivity index (χ2v) is 6.13. The highest BCUT2D eigenvalue weighted by atomic mass is 32.2. The molecule has 1 aromatic carbocycles. The first kappa shape index (κ1) is 15.3. The Morgan fingerprint density at radius 1 is 1.43 bits per heavy atom. The summed E-state index contributed by atoms with van der Waals surface area (Å²) in [4.78, 5) is 23.3. The Morgan fingerprint density at radius 3 is 2.76 bits per heavy atom. The van der Waals surface area contributed by atoms with Crippen LogP contribution in [0.25, 0.3) is 0 Å². The van der Waals surface area contributed by atoms with Crippen LogP contribution in [0.15, 0.2) is 23.1 Å². The average Bonchev–Trinajstić information content (AvgIpc) is 2.43. The number of benzene rings is 1. The minimum absolute atomic E-state index is 0.126. The number of rotatable bonds is 4. The third-order valence-electron chi connectivity index (χ3n) is 2.90. The summed E-state index contributed by atoms with van der Waals surface area (Å²) in [5.74, 6) is -1.11. The molecule has 0 spiro atoms. The highest BCUT2D eigenvalue weighted by Crippen LogP contribution is 2.33. The van der Waals surface area contributed by atoms with Gasteiger partial charge >= 0.3 is 5.97 Å². The van der Waals surface area contributed by atoms with Gasteiger partial charge in [0.05, 0.1) is 17.1 Å². The number of carbonyl (C=O) groups excluding carboxylic acids is 1. The maximum atomic E-state index is 12.0. The number of ether oxygens (including phenoxy) is 1. The second-order valence-electron chi connectivity index (χ2n) is 4.37. The molecule has 1 aromatic rings. The van der Waals surface area contributed by atoms with E-state index in [9.17, 15) is 18.0 Å². The van der Waals surface area contributed by atoms with Crippen molar-refractivity contribution in [1.82, 2.24) is 4.72 Å². The number of carboxylic acids is 1. The van der Waals surface area contributed by atoms with Crippen LogP contribution < -0.4 is 14.4 Å². The molecule has 0 saturated heterocycles. The molecule has 0 bridgehead atoms. The van der Waals surface area contributed by atoms with Crippen molar-refractivity contribution in [3.8, 4) is 5.75 Å². The third-order valence-corrected chi connectivity index (χ3v) is 4.30. The highest BCUT2D eigenvalue weighted by molar-refractivity contribution is 7.89. The van der Waals surface area contributed by atoms with Gasteiger partial charge in [0.15, 0.2) is 0 Å². The number of amides is 1. The molecule has 0 unspecified atom stereocenters. The average molecular weight is 314 g/mol. The van der Waals surface area contributed by atoms with Gasteiger partial charge < -0.3 is 14.7 Å². The van der Waals surface area contributed by atoms with Gasteiger partial charge in [-0.25, -0.2) is 8.42 Å². The number of hydrogen-bond acceptors (Lipinski definition) is 5. The third kappa shape index (κ3) is 3.31. The lowest BCUT2D eigenvalue weighted by atomic mass is 10.2. The molecule has 2 N–H and O–H groups in total. The molecule has 2 rings (SSSR count). The SMILES string of the molecule is CC(=O)N1CCOc2ccc(S(=O)(=O)NCC(=O)O)cc21. The normalized spacial score (nSPS) is 14.2. The molecule has 0 saturated carbocycles. The van der Waals surface area contributed by atoms with E-state index in [1.807, 2.05) is 4.72 Å². The van der Waals surface area contributed by atoms with Gasteiger partial charge in [0.25, 0.3) is 0 Å². The largest absolute Gasteiger partial charge is 0.490 e.